The number of hydrogen-bond donors (Lipinski definition) is 2. The minimum Gasteiger partial charge on any atom is -0.493 e. The fraction of sp³-hybridized carbons (Fsp3) is 0.320. The van der Waals surface area contributed by atoms with E-state index in [1.54, 1.807) is 6.20 Å². The lowest BCUT2D eigenvalue weighted by molar-refractivity contribution is -0.116. The molecule has 5 atom stereocenters. The maximum atomic E-state index is 11.7. The number of aromatic nitrogens is 3. The van der Waals surface area contributed by atoms with Gasteiger partial charge in [-0.15, -0.1) is 0 Å². The van der Waals surface area contributed by atoms with E-state index in [0.717, 1.165) is 39.7 Å². The van der Waals surface area contributed by atoms with E-state index >= 15 is 0 Å². The topological polar surface area (TPSA) is 89.1 Å². The highest BCUT2D eigenvalue weighted by molar-refractivity contribution is 5.93. The second-order valence-corrected chi connectivity index (χ2v) is 9.06. The van der Waals surface area contributed by atoms with Crippen LogP contribution in [-0.2, 0) is 16.0 Å². The third kappa shape index (κ3) is 2.57. The minimum absolute atomic E-state index is 0.000478. The standard InChI is InChI=1S/C25H22N4O3/c1-12-16(31-17-10-11-26-24-13(17)6-9-19(30)29-24)7-8-18-20(12)21-22(23(21)32-18)25-27-14-4-2-3-5-15(14)28-25/h2-5,7-8,10-12,20-23H,6,9H2,1H3,(H,27,28)(H,26,29,30). The van der Waals surface area contributed by atoms with E-state index in [-0.39, 0.29) is 29.8 Å². The van der Waals surface area contributed by atoms with Gasteiger partial charge in [0.1, 0.15) is 35.0 Å². The lowest BCUT2D eigenvalue weighted by Gasteiger charge is -2.29. The van der Waals surface area contributed by atoms with Crippen LogP contribution in [0.25, 0.3) is 11.0 Å². The molecule has 32 heavy (non-hydrogen) atoms. The van der Waals surface area contributed by atoms with Crippen molar-refractivity contribution < 1.29 is 14.3 Å². The van der Waals surface area contributed by atoms with Gasteiger partial charge in [-0.1, -0.05) is 19.1 Å². The molecule has 1 aromatic carbocycles. The molecule has 7 heteroatoms. The first-order valence-electron chi connectivity index (χ1n) is 11.2. The van der Waals surface area contributed by atoms with Crippen LogP contribution in [0, 0.1) is 17.8 Å². The summed E-state index contributed by atoms with van der Waals surface area (Å²) in [4.78, 5) is 24.3. The molecule has 0 bridgehead atoms. The number of amides is 1. The van der Waals surface area contributed by atoms with Crippen molar-refractivity contribution in [3.63, 3.8) is 0 Å². The molecular formula is C25H22N4O3. The molecule has 2 aromatic heterocycles. The van der Waals surface area contributed by atoms with Crippen molar-refractivity contribution in [3.8, 4) is 5.75 Å². The van der Waals surface area contributed by atoms with Crippen LogP contribution in [0.4, 0.5) is 5.82 Å². The van der Waals surface area contributed by atoms with Gasteiger partial charge in [-0.3, -0.25) is 4.79 Å². The monoisotopic (exact) mass is 426 g/mol. The van der Waals surface area contributed by atoms with Crippen molar-refractivity contribution in [3.05, 3.63) is 71.6 Å². The van der Waals surface area contributed by atoms with E-state index < -0.39 is 0 Å². The average Bonchev–Trinajstić information content (AvgIpc) is 3.15. The van der Waals surface area contributed by atoms with Crippen molar-refractivity contribution in [1.82, 2.24) is 15.0 Å². The van der Waals surface area contributed by atoms with Gasteiger partial charge < -0.3 is 19.8 Å². The van der Waals surface area contributed by atoms with Gasteiger partial charge in [-0.2, -0.15) is 0 Å². The molecule has 5 unspecified atom stereocenters. The first kappa shape index (κ1) is 18.0. The summed E-state index contributed by atoms with van der Waals surface area (Å²) in [5, 5.41) is 2.84. The van der Waals surface area contributed by atoms with Crippen molar-refractivity contribution >= 4 is 22.8 Å². The number of para-hydroxylation sites is 2. The smallest absolute Gasteiger partial charge is 0.225 e. The number of rotatable bonds is 3. The molecule has 4 heterocycles. The number of aromatic amines is 1. The van der Waals surface area contributed by atoms with Crippen LogP contribution in [-0.4, -0.2) is 27.0 Å². The Labute approximate surface area is 184 Å². The second kappa shape index (κ2) is 6.45. The number of allylic oxidation sites excluding steroid dienone is 4. The van der Waals surface area contributed by atoms with E-state index in [9.17, 15) is 4.79 Å². The molecule has 1 saturated carbocycles. The molecule has 7 rings (SSSR count). The summed E-state index contributed by atoms with van der Waals surface area (Å²) in [6, 6.07) is 10.0. The quantitative estimate of drug-likeness (QED) is 0.659. The number of hydrogen-bond acceptors (Lipinski definition) is 5. The number of carbonyl (C=O) groups excluding carboxylic acids is 1. The Hall–Kier alpha value is -3.61. The minimum atomic E-state index is -0.000478. The summed E-state index contributed by atoms with van der Waals surface area (Å²) >= 11 is 0. The average molecular weight is 426 g/mol. The van der Waals surface area contributed by atoms with Crippen LogP contribution in [0.5, 0.6) is 5.75 Å². The van der Waals surface area contributed by atoms with Crippen molar-refractivity contribution in [2.45, 2.75) is 31.8 Å². The number of H-pyrrole nitrogens is 1. The van der Waals surface area contributed by atoms with Crippen LogP contribution in [0.1, 0.15) is 30.7 Å². The summed E-state index contributed by atoms with van der Waals surface area (Å²) in [5.74, 6) is 5.50. The zero-order chi connectivity index (χ0) is 21.4. The maximum Gasteiger partial charge on any atom is 0.225 e. The summed E-state index contributed by atoms with van der Waals surface area (Å²) in [6.07, 6.45) is 7.02. The van der Waals surface area contributed by atoms with Crippen molar-refractivity contribution in [1.29, 1.82) is 0 Å². The molecular weight excluding hydrogens is 404 g/mol. The number of nitrogens with one attached hydrogen (secondary N) is 2. The zero-order valence-corrected chi connectivity index (χ0v) is 17.5. The van der Waals surface area contributed by atoms with E-state index in [0.29, 0.717) is 24.6 Å². The van der Waals surface area contributed by atoms with E-state index in [1.807, 2.05) is 30.3 Å². The van der Waals surface area contributed by atoms with Crippen LogP contribution >= 0.6 is 0 Å². The van der Waals surface area contributed by atoms with Crippen LogP contribution < -0.4 is 10.1 Å². The first-order chi connectivity index (χ1) is 15.7. The van der Waals surface area contributed by atoms with Gasteiger partial charge >= 0.3 is 0 Å². The number of pyridine rings is 1. The molecule has 2 N–H and O–H groups in total. The lowest BCUT2D eigenvalue weighted by atomic mass is 9.83. The summed E-state index contributed by atoms with van der Waals surface area (Å²) in [7, 11) is 0. The molecule has 1 amide bonds. The van der Waals surface area contributed by atoms with Gasteiger partial charge in [-0.05, 0) is 36.8 Å². The third-order valence-electron chi connectivity index (χ3n) is 7.25. The van der Waals surface area contributed by atoms with Gasteiger partial charge in [0.15, 0.2) is 0 Å². The molecule has 2 aliphatic carbocycles. The lowest BCUT2D eigenvalue weighted by Crippen LogP contribution is -2.24. The molecule has 3 aromatic rings. The third-order valence-corrected chi connectivity index (χ3v) is 7.25. The number of ether oxygens (including phenoxy) is 2. The summed E-state index contributed by atoms with van der Waals surface area (Å²) < 4.78 is 12.7. The van der Waals surface area contributed by atoms with Gasteiger partial charge in [-0.25, -0.2) is 9.97 Å². The molecule has 0 spiro atoms. The molecule has 1 saturated heterocycles. The number of nitrogens with zero attached hydrogens (tertiary/aromatic N) is 2. The van der Waals surface area contributed by atoms with Gasteiger partial charge in [0, 0.05) is 35.9 Å². The van der Waals surface area contributed by atoms with Gasteiger partial charge in [0.05, 0.1) is 17.0 Å². The molecule has 2 aliphatic heterocycles. The summed E-state index contributed by atoms with van der Waals surface area (Å²) in [6.45, 7) is 2.21. The predicted molar refractivity (Wildman–Crippen MR) is 118 cm³/mol. The molecule has 4 aliphatic rings. The molecule has 0 radical (unpaired) electrons. The second-order valence-electron chi connectivity index (χ2n) is 9.06. The zero-order valence-electron chi connectivity index (χ0n) is 17.5. The highest BCUT2D eigenvalue weighted by atomic mass is 16.5. The first-order valence-corrected chi connectivity index (χ1v) is 11.2. The molecule has 2 fully saturated rings. The van der Waals surface area contributed by atoms with Gasteiger partial charge in [0.2, 0.25) is 5.91 Å². The Morgan fingerprint density at radius 2 is 2.03 bits per heavy atom. The normalized spacial score (nSPS) is 29.8. The molecule has 160 valence electrons. The Kier molecular flexibility index (Phi) is 3.63. The Morgan fingerprint density at radius 3 is 2.94 bits per heavy atom. The van der Waals surface area contributed by atoms with Crippen LogP contribution in [0.3, 0.4) is 0 Å². The van der Waals surface area contributed by atoms with E-state index in [4.69, 9.17) is 14.5 Å². The van der Waals surface area contributed by atoms with Crippen molar-refractivity contribution in [2.24, 2.45) is 17.8 Å². The molecule has 7 nitrogen and oxygen atoms in total. The van der Waals surface area contributed by atoms with Crippen molar-refractivity contribution in [2.75, 3.05) is 5.32 Å². The number of benzene rings is 1. The fourth-order valence-corrected chi connectivity index (χ4v) is 5.61. The maximum absolute atomic E-state index is 11.7. The SMILES string of the molecule is CC1C(Oc2ccnc3c2CCC(=O)N3)=CC=C2OC3C(c4nc5ccccc5[nH]4)C3C21. The van der Waals surface area contributed by atoms with E-state index in [2.05, 4.69) is 34.4 Å². The Balaban J connectivity index is 1.15. The van der Waals surface area contributed by atoms with Crippen LogP contribution in [0.15, 0.2) is 60.2 Å². The number of imidazole rings is 1. The fourth-order valence-electron chi connectivity index (χ4n) is 5.61. The largest absolute Gasteiger partial charge is 0.493 e. The van der Waals surface area contributed by atoms with Crippen LogP contribution in [0.2, 0.25) is 0 Å². The predicted octanol–water partition coefficient (Wildman–Crippen LogP) is 4.07. The number of anilines is 1. The van der Waals surface area contributed by atoms with E-state index in [1.165, 1.54) is 0 Å². The highest BCUT2D eigenvalue weighted by Crippen LogP contribution is 2.64. The number of fused-ring (bicyclic) bond motifs is 5. The Bertz CT molecular complexity index is 1310. The summed E-state index contributed by atoms with van der Waals surface area (Å²) in [5.41, 5.74) is 3.03. The Morgan fingerprint density at radius 1 is 1.12 bits per heavy atom. The number of carbonyl (C=O) groups is 1. The van der Waals surface area contributed by atoms with Gasteiger partial charge in [0.25, 0.3) is 0 Å². The highest BCUT2D eigenvalue weighted by Gasteiger charge is 2.66.